The van der Waals surface area contributed by atoms with E-state index in [4.69, 9.17) is 0 Å². The summed E-state index contributed by atoms with van der Waals surface area (Å²) in [6.07, 6.45) is 0. The molecule has 0 heterocycles. The Morgan fingerprint density at radius 3 is 2.00 bits per heavy atom. The second-order valence-electron chi connectivity index (χ2n) is 1.27. The molecule has 1 atom stereocenters. The van der Waals surface area contributed by atoms with Crippen molar-refractivity contribution in [1.29, 1.82) is 0 Å². The molecule has 0 amide bonds. The molecule has 0 rings (SSSR count). The van der Waals surface area contributed by atoms with Crippen LogP contribution in [0.4, 0.5) is 0 Å². The molecule has 1 N–H and O–H groups in total. The molecule has 44 valence electrons. The third kappa shape index (κ3) is 2.73. The van der Waals surface area contributed by atoms with Crippen LogP contribution in [0.5, 0.6) is 0 Å². The van der Waals surface area contributed by atoms with E-state index in [0.717, 1.165) is 0 Å². The molecule has 1 unspecified atom stereocenters. The normalized spacial score (nSPS) is 14.9. The van der Waals surface area contributed by atoms with Crippen LogP contribution < -0.4 is 4.72 Å². The molecule has 0 aliphatic carbocycles. The second kappa shape index (κ2) is 3.12. The van der Waals surface area contributed by atoms with Crippen LogP contribution >= 0.6 is 0 Å². The molecule has 0 bridgehead atoms. The molecule has 0 aromatic rings. The minimum absolute atomic E-state index is 0.995. The number of hydrogen-bond acceptors (Lipinski definition) is 1. The summed E-state index contributed by atoms with van der Waals surface area (Å²) in [5.41, 5.74) is 0. The summed E-state index contributed by atoms with van der Waals surface area (Å²) in [4.78, 5) is 0. The van der Waals surface area contributed by atoms with Gasteiger partial charge in [0.2, 0.25) is 0 Å². The van der Waals surface area contributed by atoms with E-state index >= 15 is 0 Å². The van der Waals surface area contributed by atoms with Crippen molar-refractivity contribution in [3.63, 3.8) is 0 Å². The van der Waals surface area contributed by atoms with Gasteiger partial charge in [0.05, 0.1) is 0 Å². The van der Waals surface area contributed by atoms with Gasteiger partial charge in [0.25, 0.3) is 0 Å². The van der Waals surface area contributed by atoms with Gasteiger partial charge in [-0.25, -0.2) is 13.2 Å². The number of nitrogens with one attached hydrogen (secondary N) is 1. The van der Waals surface area contributed by atoms with Gasteiger partial charge >= 0.3 is 0 Å². The Morgan fingerprint density at radius 1 is 1.57 bits per heavy atom. The molecule has 0 radical (unpaired) electrons. The average Bonchev–Trinajstić information content (AvgIpc) is 1.65. The predicted molar refractivity (Wildman–Crippen MR) is 30.9 cm³/mol. The summed E-state index contributed by atoms with van der Waals surface area (Å²) in [6, 6.07) is 0. The minimum atomic E-state index is -0.995. The first-order chi connectivity index (χ1) is 3.18. The Morgan fingerprint density at radius 2 is 2.00 bits per heavy atom. The second-order valence-corrected chi connectivity index (χ2v) is 2.90. The summed E-state index contributed by atoms with van der Waals surface area (Å²) in [5.74, 6) is 0. The number of nitrogens with zero attached hydrogens (tertiary/aromatic N) is 1. The first kappa shape index (κ1) is 7.07. The zero-order valence-corrected chi connectivity index (χ0v) is 5.58. The lowest BCUT2D eigenvalue weighted by Crippen LogP contribution is -2.25. The summed E-state index contributed by atoms with van der Waals surface area (Å²) in [5, 5.41) is 0. The van der Waals surface area contributed by atoms with Gasteiger partial charge in [0.15, 0.2) is 11.2 Å². The van der Waals surface area contributed by atoms with Gasteiger partial charge in [0, 0.05) is 14.1 Å². The van der Waals surface area contributed by atoms with E-state index in [1.54, 1.807) is 25.4 Å². The number of hydrogen-bond donors (Lipinski definition) is 1. The molecule has 0 aromatic heterocycles. The molecule has 0 saturated heterocycles. The fourth-order valence-electron chi connectivity index (χ4n) is 0.183. The summed E-state index contributed by atoms with van der Waals surface area (Å²) >= 11 is -0.995. The molecule has 4 heteroatoms. The van der Waals surface area contributed by atoms with E-state index in [9.17, 15) is 4.21 Å². The third-order valence-electron chi connectivity index (χ3n) is 0.506. The van der Waals surface area contributed by atoms with Crippen molar-refractivity contribution in [1.82, 2.24) is 9.03 Å². The van der Waals surface area contributed by atoms with Crippen LogP contribution in [-0.2, 0) is 11.2 Å². The highest BCUT2D eigenvalue weighted by Gasteiger charge is 1.93. The molecule has 3 nitrogen and oxygen atoms in total. The lowest BCUT2D eigenvalue weighted by Gasteiger charge is -2.04. The highest BCUT2D eigenvalue weighted by atomic mass is 32.2. The van der Waals surface area contributed by atoms with Gasteiger partial charge in [-0.3, -0.25) is 0 Å². The van der Waals surface area contributed by atoms with Crippen LogP contribution in [0.1, 0.15) is 0 Å². The summed E-state index contributed by atoms with van der Waals surface area (Å²) < 4.78 is 14.6. The van der Waals surface area contributed by atoms with Gasteiger partial charge in [0.1, 0.15) is 0 Å². The monoisotopic (exact) mass is 122 g/mol. The average molecular weight is 122 g/mol. The molecule has 0 fully saturated rings. The van der Waals surface area contributed by atoms with Gasteiger partial charge in [-0.1, -0.05) is 0 Å². The zero-order valence-electron chi connectivity index (χ0n) is 4.76. The Kier molecular flexibility index (Phi) is 3.15. The van der Waals surface area contributed by atoms with E-state index in [0.29, 0.717) is 0 Å². The van der Waals surface area contributed by atoms with E-state index in [-0.39, 0.29) is 0 Å². The van der Waals surface area contributed by atoms with Crippen LogP contribution in [-0.4, -0.2) is 29.7 Å². The van der Waals surface area contributed by atoms with Crippen molar-refractivity contribution in [2.24, 2.45) is 0 Å². The molecule has 0 aliphatic rings. The van der Waals surface area contributed by atoms with E-state index in [1.807, 2.05) is 0 Å². The van der Waals surface area contributed by atoms with Crippen molar-refractivity contribution >= 4 is 11.2 Å². The Hall–Kier alpha value is 0.0700. The van der Waals surface area contributed by atoms with Crippen LogP contribution in [0.3, 0.4) is 0 Å². The van der Waals surface area contributed by atoms with Crippen molar-refractivity contribution in [3.8, 4) is 0 Å². The molecular formula is C3H10N2OS. The topological polar surface area (TPSA) is 32.3 Å². The maximum Gasteiger partial charge on any atom is 0.169 e. The van der Waals surface area contributed by atoms with E-state index < -0.39 is 11.2 Å². The highest BCUT2D eigenvalue weighted by molar-refractivity contribution is 7.80. The molecule has 0 aromatic carbocycles. The quantitative estimate of drug-likeness (QED) is 0.518. The predicted octanol–water partition coefficient (Wildman–Crippen LogP) is -0.654. The fourth-order valence-corrected chi connectivity index (χ4v) is 0.548. The molecule has 0 saturated carbocycles. The van der Waals surface area contributed by atoms with Gasteiger partial charge in [-0.2, -0.15) is 0 Å². The third-order valence-corrected chi connectivity index (χ3v) is 1.52. The Labute approximate surface area is 46.4 Å². The lowest BCUT2D eigenvalue weighted by molar-refractivity contribution is 0.595. The first-order valence-corrected chi connectivity index (χ1v) is 3.05. The van der Waals surface area contributed by atoms with Crippen LogP contribution in [0.25, 0.3) is 0 Å². The molecular weight excluding hydrogens is 112 g/mol. The smallest absolute Gasteiger partial charge is 0.169 e. The summed E-state index contributed by atoms with van der Waals surface area (Å²) in [7, 11) is 5.13. The first-order valence-electron chi connectivity index (χ1n) is 1.95. The molecule has 7 heavy (non-hydrogen) atoms. The van der Waals surface area contributed by atoms with Gasteiger partial charge < -0.3 is 0 Å². The van der Waals surface area contributed by atoms with Crippen LogP contribution in [0.15, 0.2) is 0 Å². The van der Waals surface area contributed by atoms with Gasteiger partial charge in [-0.05, 0) is 7.05 Å². The SMILES string of the molecule is CNS(=O)N(C)C. The Balaban J connectivity index is 3.35. The molecule has 0 aliphatic heterocycles. The van der Waals surface area contributed by atoms with Crippen LogP contribution in [0.2, 0.25) is 0 Å². The van der Waals surface area contributed by atoms with Crippen molar-refractivity contribution < 1.29 is 4.21 Å². The molecule has 0 spiro atoms. The van der Waals surface area contributed by atoms with E-state index in [1.165, 1.54) is 0 Å². The van der Waals surface area contributed by atoms with Crippen molar-refractivity contribution in [2.75, 3.05) is 21.1 Å². The highest BCUT2D eigenvalue weighted by Crippen LogP contribution is 1.74. The summed E-state index contributed by atoms with van der Waals surface area (Å²) in [6.45, 7) is 0. The van der Waals surface area contributed by atoms with E-state index in [2.05, 4.69) is 4.72 Å². The fraction of sp³-hybridized carbons (Fsp3) is 1.00. The largest absolute Gasteiger partial charge is 0.228 e. The van der Waals surface area contributed by atoms with Crippen molar-refractivity contribution in [2.45, 2.75) is 0 Å². The lowest BCUT2D eigenvalue weighted by atomic mass is 11.3. The maximum atomic E-state index is 10.4. The van der Waals surface area contributed by atoms with Gasteiger partial charge in [-0.15, -0.1) is 0 Å². The number of rotatable bonds is 2. The Bertz CT molecular complexity index is 73.3. The minimum Gasteiger partial charge on any atom is -0.228 e. The van der Waals surface area contributed by atoms with Crippen LogP contribution in [0, 0.1) is 0 Å². The maximum absolute atomic E-state index is 10.4. The van der Waals surface area contributed by atoms with Crippen molar-refractivity contribution in [3.05, 3.63) is 0 Å². The standard InChI is InChI=1S/C3H10N2OS/c1-4-7(6)5(2)3/h4H,1-3H3. The zero-order chi connectivity index (χ0) is 5.86.